The third-order valence-corrected chi connectivity index (χ3v) is 8.85. The summed E-state index contributed by atoms with van der Waals surface area (Å²) >= 11 is 6.00. The first-order valence-corrected chi connectivity index (χ1v) is 13.6. The van der Waals surface area contributed by atoms with E-state index in [4.69, 9.17) is 39.9 Å². The molecule has 3 aliphatic carbocycles. The number of fused-ring (bicyclic) bond motifs is 2. The maximum absolute atomic E-state index is 15.3. The first-order chi connectivity index (χ1) is 18.8. The minimum atomic E-state index is -2.04. The zero-order valence-electron chi connectivity index (χ0n) is 21.7. The van der Waals surface area contributed by atoms with Crippen LogP contribution >= 0.6 is 11.6 Å². The number of nitrogens with one attached hydrogen (secondary N) is 3. The third-order valence-electron chi connectivity index (χ3n) is 8.56. The van der Waals surface area contributed by atoms with Gasteiger partial charge in [-0.2, -0.15) is 0 Å². The van der Waals surface area contributed by atoms with Crippen molar-refractivity contribution in [1.29, 1.82) is 0 Å². The molecular formula is C26H27B3ClF3N4O3. The molecule has 4 atom stereocenters. The lowest BCUT2D eigenvalue weighted by atomic mass is 9.52. The van der Waals surface area contributed by atoms with Gasteiger partial charge in [0.2, 0.25) is 5.91 Å². The molecule has 2 bridgehead atoms. The second kappa shape index (κ2) is 10.8. The summed E-state index contributed by atoms with van der Waals surface area (Å²) in [6.45, 7) is 0.338. The van der Waals surface area contributed by atoms with Crippen molar-refractivity contribution in [3.05, 3.63) is 46.1 Å². The van der Waals surface area contributed by atoms with Crippen molar-refractivity contribution >= 4 is 53.2 Å². The Morgan fingerprint density at radius 3 is 2.50 bits per heavy atom. The van der Waals surface area contributed by atoms with E-state index >= 15 is 13.2 Å². The number of ether oxygens (including phenoxy) is 1. The van der Waals surface area contributed by atoms with Gasteiger partial charge in [0.1, 0.15) is 24.0 Å². The van der Waals surface area contributed by atoms with E-state index in [2.05, 4.69) is 20.9 Å². The maximum Gasteiger partial charge on any atom is 0.254 e. The van der Waals surface area contributed by atoms with E-state index in [9.17, 15) is 9.59 Å². The molecule has 1 heterocycles. The molecule has 1 aromatic rings. The van der Waals surface area contributed by atoms with Gasteiger partial charge in [0.25, 0.3) is 5.91 Å². The summed E-state index contributed by atoms with van der Waals surface area (Å²) in [5.74, 6) is -3.64. The Morgan fingerprint density at radius 1 is 1.18 bits per heavy atom. The summed E-state index contributed by atoms with van der Waals surface area (Å²) in [7, 11) is 17.0. The van der Waals surface area contributed by atoms with E-state index in [1.807, 2.05) is 0 Å². The van der Waals surface area contributed by atoms with Crippen LogP contribution in [0.5, 0.6) is 0 Å². The van der Waals surface area contributed by atoms with Crippen LogP contribution in [0.3, 0.4) is 0 Å². The van der Waals surface area contributed by atoms with Crippen molar-refractivity contribution in [3.8, 4) is 0 Å². The highest BCUT2D eigenvalue weighted by molar-refractivity contribution is 6.58. The number of carbonyl (C=O) groups is 2. The molecule has 4 unspecified atom stereocenters. The number of hydrogen-bond acceptors (Lipinski definition) is 5. The average molecular weight is 568 g/mol. The Kier molecular flexibility index (Phi) is 7.85. The number of rotatable bonds is 8. The van der Waals surface area contributed by atoms with Crippen molar-refractivity contribution in [1.82, 2.24) is 16.0 Å². The lowest BCUT2D eigenvalue weighted by molar-refractivity contribution is -0.127. The van der Waals surface area contributed by atoms with E-state index in [1.54, 1.807) is 0 Å². The van der Waals surface area contributed by atoms with Crippen molar-refractivity contribution in [2.45, 2.75) is 74.1 Å². The molecule has 2 amide bonds. The van der Waals surface area contributed by atoms with E-state index in [0.29, 0.717) is 19.5 Å². The molecule has 3 N–H and O–H groups in total. The maximum atomic E-state index is 15.3. The number of halogens is 4. The van der Waals surface area contributed by atoms with Gasteiger partial charge in [0.05, 0.1) is 52.3 Å². The highest BCUT2D eigenvalue weighted by Gasteiger charge is 2.59. The zero-order chi connectivity index (χ0) is 28.9. The first-order valence-electron chi connectivity index (χ1n) is 13.2. The topological polar surface area (TPSA) is 91.8 Å². The van der Waals surface area contributed by atoms with Crippen LogP contribution in [-0.2, 0) is 14.3 Å². The van der Waals surface area contributed by atoms with E-state index in [0.717, 1.165) is 12.1 Å². The third kappa shape index (κ3) is 5.82. The molecule has 206 valence electrons. The summed E-state index contributed by atoms with van der Waals surface area (Å²) in [6, 6.07) is 0.263. The Labute approximate surface area is 239 Å². The molecule has 5 rings (SSSR count). The van der Waals surface area contributed by atoms with Crippen LogP contribution in [0.2, 0.25) is 5.02 Å². The Bertz CT molecular complexity index is 1250. The Morgan fingerprint density at radius 2 is 1.90 bits per heavy atom. The predicted octanol–water partition coefficient (Wildman–Crippen LogP) is 2.36. The number of benzene rings is 1. The fourth-order valence-corrected chi connectivity index (χ4v) is 6.86. The Balaban J connectivity index is 1.40. The largest absolute Gasteiger partial charge is 0.397 e. The summed E-state index contributed by atoms with van der Waals surface area (Å²) in [4.78, 5) is 30.5. The molecule has 1 aromatic carbocycles. The van der Waals surface area contributed by atoms with Crippen LogP contribution in [0.15, 0.2) is 28.9 Å². The minimum absolute atomic E-state index is 0.0583. The summed E-state index contributed by atoms with van der Waals surface area (Å²) in [5.41, 5.74) is -2.43. The van der Waals surface area contributed by atoms with Crippen LogP contribution in [0.4, 0.5) is 13.2 Å². The lowest BCUT2D eigenvalue weighted by Gasteiger charge is -2.37. The molecule has 7 nitrogen and oxygen atoms in total. The molecular weight excluding hydrogens is 541 g/mol. The van der Waals surface area contributed by atoms with Crippen molar-refractivity contribution in [2.75, 3.05) is 6.67 Å². The molecule has 4 aliphatic rings. The Hall–Kier alpha value is -2.40. The van der Waals surface area contributed by atoms with Crippen molar-refractivity contribution < 1.29 is 27.5 Å². The van der Waals surface area contributed by atoms with Crippen LogP contribution < -0.4 is 16.0 Å². The average Bonchev–Trinajstić information content (AvgIpc) is 3.56. The number of nitrogens with zero attached hydrogens (tertiary/aromatic N) is 1. The molecule has 6 radical (unpaired) electrons. The second-order valence-electron chi connectivity index (χ2n) is 11.4. The number of hydrogen-bond donors (Lipinski definition) is 3. The molecule has 3 saturated carbocycles. The van der Waals surface area contributed by atoms with Crippen LogP contribution in [0.1, 0.15) is 56.6 Å². The monoisotopic (exact) mass is 568 g/mol. The standard InChI is InChI=1S/C26H27B3ClF3N4O3/c27-26(28,29)40-18-8-13(7-17(18)36-23(39)14-9-34-12-35-10-14)22(38)37-21(19-16(31)2-1-15(30)20(19)32)24-3-5-25(33,11-24)6-4-24/h1-2,9-10,13,17-18,21,34H,3-8,11-12H2,(H,36,39)(H,37,38). The number of aliphatic imine (C=N–C) groups is 1. The van der Waals surface area contributed by atoms with Gasteiger partial charge in [-0.3, -0.25) is 14.6 Å². The highest BCUT2D eigenvalue weighted by atomic mass is 35.5. The van der Waals surface area contributed by atoms with Gasteiger partial charge in [0.15, 0.2) is 0 Å². The van der Waals surface area contributed by atoms with E-state index in [-0.39, 0.29) is 48.3 Å². The van der Waals surface area contributed by atoms with Gasteiger partial charge in [-0.25, -0.2) is 13.2 Å². The minimum Gasteiger partial charge on any atom is -0.397 e. The molecule has 14 heteroatoms. The number of amides is 2. The van der Waals surface area contributed by atoms with Crippen molar-refractivity contribution in [3.63, 3.8) is 0 Å². The zero-order valence-corrected chi connectivity index (χ0v) is 22.4. The normalized spacial score (nSPS) is 31.9. The highest BCUT2D eigenvalue weighted by Crippen LogP contribution is 2.63. The lowest BCUT2D eigenvalue weighted by Crippen LogP contribution is -2.47. The van der Waals surface area contributed by atoms with Gasteiger partial charge in [-0.15, -0.1) is 0 Å². The fourth-order valence-electron chi connectivity index (χ4n) is 6.69. The molecule has 3 fully saturated rings. The molecule has 0 spiro atoms. The fraction of sp³-hybridized carbons (Fsp3) is 0.577. The summed E-state index contributed by atoms with van der Waals surface area (Å²) in [5, 5.41) is 6.13. The second-order valence-corrected chi connectivity index (χ2v) is 11.8. The van der Waals surface area contributed by atoms with Gasteiger partial charge in [-0.05, 0) is 67.8 Å². The van der Waals surface area contributed by atoms with Crippen molar-refractivity contribution in [2.24, 2.45) is 16.3 Å². The quantitative estimate of drug-likeness (QED) is 0.332. The van der Waals surface area contributed by atoms with Crippen LogP contribution in [-0.4, -0.2) is 71.4 Å². The SMILES string of the molecule is [B]C([B])([B])OC1CC(C(=O)NC(c2c(F)ccc(Cl)c2F)C23CCC(F)(CC2)C3)CC1NC(=O)C1=CNCN=C1. The van der Waals surface area contributed by atoms with Gasteiger partial charge < -0.3 is 20.7 Å². The number of carbonyl (C=O) groups excluding carboxylic acids is 2. The smallest absolute Gasteiger partial charge is 0.254 e. The molecule has 0 saturated heterocycles. The molecule has 40 heavy (non-hydrogen) atoms. The van der Waals surface area contributed by atoms with Gasteiger partial charge in [0, 0.05) is 23.9 Å². The van der Waals surface area contributed by atoms with E-state index in [1.165, 1.54) is 12.4 Å². The summed E-state index contributed by atoms with van der Waals surface area (Å²) < 4.78 is 51.2. The van der Waals surface area contributed by atoms with Gasteiger partial charge in [-0.1, -0.05) is 11.6 Å². The molecule has 0 aromatic heterocycles. The summed E-state index contributed by atoms with van der Waals surface area (Å²) in [6.07, 6.45) is 3.51. The molecule has 1 aliphatic heterocycles. The van der Waals surface area contributed by atoms with Gasteiger partial charge >= 0.3 is 0 Å². The first kappa shape index (κ1) is 29.1. The number of alkyl halides is 1. The predicted molar refractivity (Wildman–Crippen MR) is 146 cm³/mol. The van der Waals surface area contributed by atoms with E-state index < -0.39 is 63.9 Å². The van der Waals surface area contributed by atoms with Crippen LogP contribution in [0.25, 0.3) is 0 Å². The van der Waals surface area contributed by atoms with Crippen LogP contribution in [0, 0.1) is 23.0 Å².